The van der Waals surface area contributed by atoms with E-state index in [-0.39, 0.29) is 17.2 Å². The first-order valence-electron chi connectivity index (χ1n) is 5.07. The average Bonchev–Trinajstić information content (AvgIpc) is 2.30. The van der Waals surface area contributed by atoms with E-state index in [0.29, 0.717) is 0 Å². The summed E-state index contributed by atoms with van der Waals surface area (Å²) in [5.74, 6) is -1.55. The van der Waals surface area contributed by atoms with Crippen LogP contribution in [0.3, 0.4) is 0 Å². The summed E-state index contributed by atoms with van der Waals surface area (Å²) in [7, 11) is -3.96. The Balaban J connectivity index is 2.80. The van der Waals surface area contributed by atoms with Crippen LogP contribution < -0.4 is 10.5 Å². The van der Waals surface area contributed by atoms with E-state index < -0.39 is 28.4 Å². The number of benzene rings is 1. The van der Waals surface area contributed by atoms with E-state index in [1.807, 2.05) is 4.72 Å². The van der Waals surface area contributed by atoms with Crippen LogP contribution in [-0.2, 0) is 19.6 Å². The number of hydrogen-bond donors (Lipinski definition) is 2. The van der Waals surface area contributed by atoms with Gasteiger partial charge in [0.05, 0.1) is 17.2 Å². The normalized spacial score (nSPS) is 11.2. The van der Waals surface area contributed by atoms with Crippen molar-refractivity contribution in [2.45, 2.75) is 11.8 Å². The van der Waals surface area contributed by atoms with Gasteiger partial charge in [-0.15, -0.1) is 0 Å². The number of ether oxygens (including phenoxy) is 1. The van der Waals surface area contributed by atoms with Gasteiger partial charge < -0.3 is 10.5 Å². The molecule has 0 unspecified atom stereocenters. The van der Waals surface area contributed by atoms with Crippen LogP contribution in [0.4, 0.5) is 10.1 Å². The number of carbonyl (C=O) groups is 1. The molecule has 0 saturated heterocycles. The number of anilines is 1. The SMILES string of the molecule is CCOC(=O)CNS(=O)(=O)c1ccc(N)c(F)c1. The molecule has 0 aliphatic rings. The molecule has 1 aromatic carbocycles. The van der Waals surface area contributed by atoms with Gasteiger partial charge in [-0.2, -0.15) is 4.72 Å². The van der Waals surface area contributed by atoms with Crippen LogP contribution in [0.15, 0.2) is 23.1 Å². The molecule has 0 aliphatic carbocycles. The lowest BCUT2D eigenvalue weighted by atomic mass is 10.3. The van der Waals surface area contributed by atoms with Gasteiger partial charge in [-0.1, -0.05) is 0 Å². The van der Waals surface area contributed by atoms with Gasteiger partial charge >= 0.3 is 5.97 Å². The van der Waals surface area contributed by atoms with Crippen LogP contribution >= 0.6 is 0 Å². The number of nitrogens with two attached hydrogens (primary N) is 1. The van der Waals surface area contributed by atoms with E-state index in [0.717, 1.165) is 18.2 Å². The van der Waals surface area contributed by atoms with Crippen molar-refractivity contribution in [3.05, 3.63) is 24.0 Å². The molecule has 100 valence electrons. The Morgan fingerprint density at radius 3 is 2.72 bits per heavy atom. The predicted molar refractivity (Wildman–Crippen MR) is 62.6 cm³/mol. The molecule has 3 N–H and O–H groups in total. The molecule has 0 aliphatic heterocycles. The van der Waals surface area contributed by atoms with Gasteiger partial charge in [0.15, 0.2) is 0 Å². The second-order valence-electron chi connectivity index (χ2n) is 3.31. The van der Waals surface area contributed by atoms with Crippen LogP contribution in [0.5, 0.6) is 0 Å². The van der Waals surface area contributed by atoms with Gasteiger partial charge in [0.25, 0.3) is 0 Å². The second-order valence-corrected chi connectivity index (χ2v) is 5.08. The minimum Gasteiger partial charge on any atom is -0.465 e. The Hall–Kier alpha value is -1.67. The quantitative estimate of drug-likeness (QED) is 0.593. The molecule has 1 rings (SSSR count). The van der Waals surface area contributed by atoms with Crippen molar-refractivity contribution in [2.24, 2.45) is 0 Å². The predicted octanol–water partition coefficient (Wildman–Crippen LogP) is 0.249. The fourth-order valence-corrected chi connectivity index (χ4v) is 2.10. The molecule has 0 spiro atoms. The molecule has 1 aromatic rings. The van der Waals surface area contributed by atoms with E-state index in [2.05, 4.69) is 4.74 Å². The number of rotatable bonds is 5. The molecular weight excluding hydrogens is 263 g/mol. The molecule has 0 bridgehead atoms. The zero-order chi connectivity index (χ0) is 13.8. The average molecular weight is 276 g/mol. The summed E-state index contributed by atoms with van der Waals surface area (Å²) in [6, 6.07) is 3.06. The third kappa shape index (κ3) is 3.67. The highest BCUT2D eigenvalue weighted by Gasteiger charge is 2.17. The monoisotopic (exact) mass is 276 g/mol. The Labute approximate surface area is 104 Å². The Morgan fingerprint density at radius 1 is 1.50 bits per heavy atom. The summed E-state index contributed by atoms with van der Waals surface area (Å²) in [6.45, 7) is 1.24. The lowest BCUT2D eigenvalue weighted by Gasteiger charge is -2.07. The molecule has 18 heavy (non-hydrogen) atoms. The fourth-order valence-electron chi connectivity index (χ4n) is 1.12. The number of carbonyl (C=O) groups excluding carboxylic acids is 1. The van der Waals surface area contributed by atoms with Crippen LogP contribution in [0.25, 0.3) is 0 Å². The summed E-state index contributed by atoms with van der Waals surface area (Å²) in [4.78, 5) is 10.7. The standard InChI is InChI=1S/C10H13FN2O4S/c1-2-17-10(14)6-13-18(15,16)7-3-4-9(12)8(11)5-7/h3-5,13H,2,6,12H2,1H3. The van der Waals surface area contributed by atoms with E-state index in [1.54, 1.807) is 6.92 Å². The maximum Gasteiger partial charge on any atom is 0.321 e. The molecule has 0 saturated carbocycles. The third-order valence-electron chi connectivity index (χ3n) is 1.99. The minimum absolute atomic E-state index is 0.150. The molecule has 0 heterocycles. The summed E-state index contributed by atoms with van der Waals surface area (Å²) in [6.07, 6.45) is 0. The summed E-state index contributed by atoms with van der Waals surface area (Å²) in [5, 5.41) is 0. The highest BCUT2D eigenvalue weighted by molar-refractivity contribution is 7.89. The summed E-state index contributed by atoms with van der Waals surface area (Å²) >= 11 is 0. The Kier molecular flexibility index (Phi) is 4.62. The van der Waals surface area contributed by atoms with Crippen molar-refractivity contribution in [2.75, 3.05) is 18.9 Å². The number of hydrogen-bond acceptors (Lipinski definition) is 5. The van der Waals surface area contributed by atoms with Crippen LogP contribution in [0, 0.1) is 5.82 Å². The lowest BCUT2D eigenvalue weighted by Crippen LogP contribution is -2.30. The van der Waals surface area contributed by atoms with Crippen molar-refractivity contribution in [3.8, 4) is 0 Å². The van der Waals surface area contributed by atoms with Crippen LogP contribution in [0.1, 0.15) is 6.92 Å². The minimum atomic E-state index is -3.96. The van der Waals surface area contributed by atoms with Crippen molar-refractivity contribution in [3.63, 3.8) is 0 Å². The third-order valence-corrected chi connectivity index (χ3v) is 3.39. The van der Waals surface area contributed by atoms with E-state index in [4.69, 9.17) is 5.73 Å². The van der Waals surface area contributed by atoms with E-state index >= 15 is 0 Å². The highest BCUT2D eigenvalue weighted by atomic mass is 32.2. The number of halogens is 1. The van der Waals surface area contributed by atoms with E-state index in [9.17, 15) is 17.6 Å². The zero-order valence-electron chi connectivity index (χ0n) is 9.64. The van der Waals surface area contributed by atoms with E-state index in [1.165, 1.54) is 0 Å². The molecule has 0 radical (unpaired) electrons. The van der Waals surface area contributed by atoms with Crippen molar-refractivity contribution >= 4 is 21.7 Å². The van der Waals surface area contributed by atoms with Gasteiger partial charge in [-0.05, 0) is 25.1 Å². The van der Waals surface area contributed by atoms with Crippen molar-refractivity contribution < 1.29 is 22.3 Å². The number of esters is 1. The lowest BCUT2D eigenvalue weighted by molar-refractivity contribution is -0.141. The molecule has 0 atom stereocenters. The summed E-state index contributed by atoms with van der Waals surface area (Å²) < 4.78 is 43.0. The Morgan fingerprint density at radius 2 is 2.17 bits per heavy atom. The van der Waals surface area contributed by atoms with Gasteiger partial charge in [-0.3, -0.25) is 4.79 Å². The number of nitrogens with one attached hydrogen (secondary N) is 1. The van der Waals surface area contributed by atoms with Gasteiger partial charge in [0, 0.05) is 0 Å². The first kappa shape index (κ1) is 14.4. The zero-order valence-corrected chi connectivity index (χ0v) is 10.5. The summed E-state index contributed by atoms with van der Waals surface area (Å²) in [5.41, 5.74) is 5.08. The Bertz CT molecular complexity index is 545. The molecule has 6 nitrogen and oxygen atoms in total. The second kappa shape index (κ2) is 5.78. The van der Waals surface area contributed by atoms with Crippen LogP contribution in [0.2, 0.25) is 0 Å². The highest BCUT2D eigenvalue weighted by Crippen LogP contribution is 2.15. The maximum atomic E-state index is 13.1. The topological polar surface area (TPSA) is 98.5 Å². The molecule has 8 heteroatoms. The van der Waals surface area contributed by atoms with Gasteiger partial charge in [0.2, 0.25) is 10.0 Å². The molecule has 0 aromatic heterocycles. The first-order chi connectivity index (χ1) is 8.36. The molecule has 0 amide bonds. The number of sulfonamides is 1. The fraction of sp³-hybridized carbons (Fsp3) is 0.300. The van der Waals surface area contributed by atoms with Gasteiger partial charge in [-0.25, -0.2) is 12.8 Å². The van der Waals surface area contributed by atoms with Crippen LogP contribution in [-0.4, -0.2) is 27.5 Å². The van der Waals surface area contributed by atoms with Crippen molar-refractivity contribution in [1.29, 1.82) is 0 Å². The molecule has 0 fully saturated rings. The maximum absolute atomic E-state index is 13.1. The van der Waals surface area contributed by atoms with Gasteiger partial charge in [0.1, 0.15) is 12.4 Å². The number of nitrogen functional groups attached to an aromatic ring is 1. The largest absolute Gasteiger partial charge is 0.465 e. The molecular formula is C10H13FN2O4S. The first-order valence-corrected chi connectivity index (χ1v) is 6.55. The van der Waals surface area contributed by atoms with Crippen molar-refractivity contribution in [1.82, 2.24) is 4.72 Å². The smallest absolute Gasteiger partial charge is 0.321 e.